The minimum atomic E-state index is -3.75. The second kappa shape index (κ2) is 6.36. The summed E-state index contributed by atoms with van der Waals surface area (Å²) < 4.78 is 26.1. The lowest BCUT2D eigenvalue weighted by atomic mass is 10.2. The second-order valence-electron chi connectivity index (χ2n) is 3.42. The molecule has 1 N–H and O–H groups in total. The van der Waals surface area contributed by atoms with Gasteiger partial charge in [-0.15, -0.1) is 0 Å². The van der Waals surface area contributed by atoms with Gasteiger partial charge in [0.25, 0.3) is 0 Å². The fraction of sp³-hybridized carbons (Fsp3) is 0.273. The molecule has 0 spiro atoms. The summed E-state index contributed by atoms with van der Waals surface area (Å²) in [5, 5.41) is 17.1. The van der Waals surface area contributed by atoms with Gasteiger partial charge >= 0.3 is 0 Å². The highest BCUT2D eigenvalue weighted by Crippen LogP contribution is 2.22. The molecule has 1 aromatic carbocycles. The van der Waals surface area contributed by atoms with E-state index in [0.717, 1.165) is 0 Å². The molecule has 0 saturated carbocycles. The Bertz CT molecular complexity index is 614. The summed E-state index contributed by atoms with van der Waals surface area (Å²) >= 11 is 5.80. The fourth-order valence-corrected chi connectivity index (χ4v) is 2.83. The Labute approximate surface area is 111 Å². The first-order valence-corrected chi connectivity index (χ1v) is 6.93. The average molecular weight is 284 g/mol. The molecular formula is C11H10ClN3O2S. The number of nitrogens with one attached hydrogen (secondary N) is 1. The summed E-state index contributed by atoms with van der Waals surface area (Å²) in [5.41, 5.74) is 0.219. The molecule has 1 aromatic rings. The van der Waals surface area contributed by atoms with E-state index in [0.29, 0.717) is 6.42 Å². The van der Waals surface area contributed by atoms with Gasteiger partial charge in [-0.1, -0.05) is 11.6 Å². The lowest BCUT2D eigenvalue weighted by molar-refractivity contribution is 0.579. The number of rotatable bonds is 5. The lowest BCUT2D eigenvalue weighted by Gasteiger charge is -2.07. The maximum Gasteiger partial charge on any atom is 0.242 e. The van der Waals surface area contributed by atoms with Crippen molar-refractivity contribution in [2.45, 2.75) is 17.7 Å². The molecule has 0 aliphatic carbocycles. The molecule has 94 valence electrons. The van der Waals surface area contributed by atoms with Gasteiger partial charge in [0.2, 0.25) is 10.0 Å². The van der Waals surface area contributed by atoms with Crippen LogP contribution in [-0.2, 0) is 10.0 Å². The van der Waals surface area contributed by atoms with E-state index in [4.69, 9.17) is 22.1 Å². The van der Waals surface area contributed by atoms with E-state index in [9.17, 15) is 8.42 Å². The number of hydrogen-bond donors (Lipinski definition) is 1. The van der Waals surface area contributed by atoms with Gasteiger partial charge in [-0.2, -0.15) is 10.5 Å². The summed E-state index contributed by atoms with van der Waals surface area (Å²) in [7, 11) is -3.75. The minimum absolute atomic E-state index is 0.0572. The zero-order chi connectivity index (χ0) is 13.6. The van der Waals surface area contributed by atoms with Crippen molar-refractivity contribution in [3.63, 3.8) is 0 Å². The molecule has 0 aliphatic rings. The summed E-state index contributed by atoms with van der Waals surface area (Å²) in [5.74, 6) is 0. The first-order chi connectivity index (χ1) is 8.51. The van der Waals surface area contributed by atoms with E-state index in [1.165, 1.54) is 18.2 Å². The highest BCUT2D eigenvalue weighted by atomic mass is 35.5. The zero-order valence-corrected chi connectivity index (χ0v) is 10.9. The quantitative estimate of drug-likeness (QED) is 0.834. The Balaban J connectivity index is 2.92. The highest BCUT2D eigenvalue weighted by Gasteiger charge is 2.17. The number of nitriles is 2. The van der Waals surface area contributed by atoms with E-state index in [-0.39, 0.29) is 28.4 Å². The van der Waals surface area contributed by atoms with Crippen molar-refractivity contribution in [2.75, 3.05) is 6.54 Å². The van der Waals surface area contributed by atoms with Gasteiger partial charge in [0.15, 0.2) is 0 Å². The normalized spacial score (nSPS) is 10.6. The molecule has 0 amide bonds. The lowest BCUT2D eigenvalue weighted by Crippen LogP contribution is -2.25. The van der Waals surface area contributed by atoms with Crippen molar-refractivity contribution >= 4 is 21.6 Å². The van der Waals surface area contributed by atoms with Crippen LogP contribution < -0.4 is 4.72 Å². The smallest absolute Gasteiger partial charge is 0.211 e. The molecule has 0 atom stereocenters. The largest absolute Gasteiger partial charge is 0.242 e. The van der Waals surface area contributed by atoms with E-state index in [1.54, 1.807) is 0 Å². The minimum Gasteiger partial charge on any atom is -0.211 e. The third-order valence-corrected chi connectivity index (χ3v) is 4.05. The van der Waals surface area contributed by atoms with Crippen molar-refractivity contribution in [3.8, 4) is 12.1 Å². The molecule has 0 heterocycles. The Morgan fingerprint density at radius 3 is 2.67 bits per heavy atom. The van der Waals surface area contributed by atoms with Crippen molar-refractivity contribution in [1.82, 2.24) is 4.72 Å². The Hall–Kier alpha value is -1.60. The van der Waals surface area contributed by atoms with Crippen LogP contribution in [0.3, 0.4) is 0 Å². The molecule has 7 heteroatoms. The van der Waals surface area contributed by atoms with Crippen LogP contribution in [0.15, 0.2) is 23.1 Å². The molecule has 1 rings (SSSR count). The number of nitrogens with zero attached hydrogens (tertiary/aromatic N) is 2. The molecule has 0 aliphatic heterocycles. The van der Waals surface area contributed by atoms with Crippen LogP contribution in [0.4, 0.5) is 0 Å². The van der Waals surface area contributed by atoms with Gasteiger partial charge in [0.1, 0.15) is 4.90 Å². The molecule has 0 bridgehead atoms. The monoisotopic (exact) mass is 283 g/mol. The van der Waals surface area contributed by atoms with E-state index in [1.807, 2.05) is 12.1 Å². The van der Waals surface area contributed by atoms with Crippen LogP contribution >= 0.6 is 11.6 Å². The standard InChI is InChI=1S/C11H10ClN3O2S/c12-10-4-3-9(8-14)7-11(10)18(16,17)15-6-2-1-5-13/h3-4,7,15H,1-2,6H2. The van der Waals surface area contributed by atoms with Crippen LogP contribution in [0.5, 0.6) is 0 Å². The van der Waals surface area contributed by atoms with Crippen molar-refractivity contribution in [1.29, 1.82) is 10.5 Å². The number of halogens is 1. The average Bonchev–Trinajstić information content (AvgIpc) is 2.35. The number of benzene rings is 1. The maximum absolute atomic E-state index is 11.9. The zero-order valence-electron chi connectivity index (χ0n) is 9.35. The first-order valence-electron chi connectivity index (χ1n) is 5.07. The number of hydrogen-bond acceptors (Lipinski definition) is 4. The second-order valence-corrected chi connectivity index (χ2v) is 5.56. The summed E-state index contributed by atoms with van der Waals surface area (Å²) in [4.78, 5) is -0.125. The molecular weight excluding hydrogens is 274 g/mol. The third kappa shape index (κ3) is 3.71. The Morgan fingerprint density at radius 1 is 1.33 bits per heavy atom. The molecule has 0 aromatic heterocycles. The molecule has 18 heavy (non-hydrogen) atoms. The van der Waals surface area contributed by atoms with Crippen molar-refractivity contribution in [2.24, 2.45) is 0 Å². The molecule has 0 radical (unpaired) electrons. The van der Waals surface area contributed by atoms with Gasteiger partial charge in [-0.3, -0.25) is 0 Å². The van der Waals surface area contributed by atoms with E-state index < -0.39 is 10.0 Å². The van der Waals surface area contributed by atoms with Crippen LogP contribution in [0, 0.1) is 22.7 Å². The topological polar surface area (TPSA) is 93.8 Å². The predicted molar refractivity (Wildman–Crippen MR) is 66.2 cm³/mol. The summed E-state index contributed by atoms with van der Waals surface area (Å²) in [6.45, 7) is 0.156. The van der Waals surface area contributed by atoms with Gasteiger partial charge < -0.3 is 0 Å². The highest BCUT2D eigenvalue weighted by molar-refractivity contribution is 7.89. The van der Waals surface area contributed by atoms with Crippen LogP contribution in [0.25, 0.3) is 0 Å². The molecule has 0 saturated heterocycles. The molecule has 0 unspecified atom stereocenters. The Morgan fingerprint density at radius 2 is 2.06 bits per heavy atom. The predicted octanol–water partition coefficient (Wildman–Crippen LogP) is 1.79. The number of sulfonamides is 1. The third-order valence-electron chi connectivity index (χ3n) is 2.11. The summed E-state index contributed by atoms with van der Waals surface area (Å²) in [6, 6.07) is 7.79. The molecule has 5 nitrogen and oxygen atoms in total. The Kier molecular flexibility index (Phi) is 5.11. The SMILES string of the molecule is N#CCCCNS(=O)(=O)c1cc(C#N)ccc1Cl. The van der Waals surface area contributed by atoms with Gasteiger partial charge in [0.05, 0.1) is 22.7 Å². The van der Waals surface area contributed by atoms with E-state index >= 15 is 0 Å². The van der Waals surface area contributed by atoms with Crippen molar-refractivity contribution in [3.05, 3.63) is 28.8 Å². The maximum atomic E-state index is 11.9. The molecule has 0 fully saturated rings. The van der Waals surface area contributed by atoms with Gasteiger partial charge in [-0.25, -0.2) is 13.1 Å². The van der Waals surface area contributed by atoms with Gasteiger partial charge in [0, 0.05) is 13.0 Å². The van der Waals surface area contributed by atoms with Crippen LogP contribution in [0.2, 0.25) is 5.02 Å². The van der Waals surface area contributed by atoms with E-state index in [2.05, 4.69) is 4.72 Å². The first kappa shape index (κ1) is 14.5. The summed E-state index contributed by atoms with van der Waals surface area (Å²) in [6.07, 6.45) is 0.694. The van der Waals surface area contributed by atoms with Crippen molar-refractivity contribution < 1.29 is 8.42 Å². The fourth-order valence-electron chi connectivity index (χ4n) is 1.23. The van der Waals surface area contributed by atoms with Crippen LogP contribution in [0.1, 0.15) is 18.4 Å². The van der Waals surface area contributed by atoms with Gasteiger partial charge in [-0.05, 0) is 24.6 Å². The number of unbranched alkanes of at least 4 members (excludes halogenated alkanes) is 1. The van der Waals surface area contributed by atoms with Crippen LogP contribution in [-0.4, -0.2) is 15.0 Å².